The zero-order valence-corrected chi connectivity index (χ0v) is 12.1. The van der Waals surface area contributed by atoms with Gasteiger partial charge in [-0.2, -0.15) is 5.10 Å². The van der Waals surface area contributed by atoms with Gasteiger partial charge in [-0.3, -0.25) is 4.57 Å². The summed E-state index contributed by atoms with van der Waals surface area (Å²) in [7, 11) is 1.65. The average Bonchev–Trinajstić information content (AvgIpc) is 2.89. The van der Waals surface area contributed by atoms with E-state index in [2.05, 4.69) is 20.4 Å². The molecule has 2 heterocycles. The van der Waals surface area contributed by atoms with Crippen molar-refractivity contribution in [3.63, 3.8) is 0 Å². The fourth-order valence-corrected chi connectivity index (χ4v) is 2.30. The highest BCUT2D eigenvalue weighted by Gasteiger charge is 2.18. The lowest BCUT2D eigenvalue weighted by Gasteiger charge is -2.15. The van der Waals surface area contributed by atoms with Gasteiger partial charge in [-0.25, -0.2) is 0 Å². The van der Waals surface area contributed by atoms with E-state index in [0.717, 1.165) is 22.8 Å². The zero-order valence-electron chi connectivity index (χ0n) is 12.1. The number of aryl methyl sites for hydroxylation is 2. The number of benzene rings is 1. The third kappa shape index (κ3) is 2.24. The Hall–Kier alpha value is -2.76. The smallest absolute Gasteiger partial charge is 0.189 e. The molecule has 1 aromatic carbocycles. The van der Waals surface area contributed by atoms with Crippen molar-refractivity contribution in [1.29, 1.82) is 0 Å². The fourth-order valence-electron chi connectivity index (χ4n) is 2.30. The average molecular weight is 281 g/mol. The third-order valence-corrected chi connectivity index (χ3v) is 3.27. The number of nitrogens with zero attached hydrogens (tertiary/aromatic N) is 5. The Kier molecular flexibility index (Phi) is 3.35. The van der Waals surface area contributed by atoms with Crippen molar-refractivity contribution >= 4 is 0 Å². The maximum Gasteiger partial charge on any atom is 0.189 e. The molecule has 6 nitrogen and oxygen atoms in total. The lowest BCUT2D eigenvalue weighted by molar-refractivity contribution is 0.412. The van der Waals surface area contributed by atoms with E-state index in [-0.39, 0.29) is 0 Å². The summed E-state index contributed by atoms with van der Waals surface area (Å²) in [6, 6.07) is 9.59. The van der Waals surface area contributed by atoms with Crippen LogP contribution >= 0.6 is 0 Å². The van der Waals surface area contributed by atoms with Crippen molar-refractivity contribution in [1.82, 2.24) is 25.0 Å². The van der Waals surface area contributed by atoms with Crippen LogP contribution in [0.4, 0.5) is 0 Å². The molecule has 0 radical (unpaired) electrons. The minimum atomic E-state index is 0.646. The Morgan fingerprint density at radius 3 is 2.57 bits per heavy atom. The van der Waals surface area contributed by atoms with E-state index in [4.69, 9.17) is 4.74 Å². The molecule has 21 heavy (non-hydrogen) atoms. The Balaban J connectivity index is 2.28. The van der Waals surface area contributed by atoms with Crippen LogP contribution in [0.5, 0.6) is 5.75 Å². The van der Waals surface area contributed by atoms with E-state index >= 15 is 0 Å². The van der Waals surface area contributed by atoms with Gasteiger partial charge in [0, 0.05) is 6.20 Å². The summed E-state index contributed by atoms with van der Waals surface area (Å²) >= 11 is 0. The summed E-state index contributed by atoms with van der Waals surface area (Å²) in [4.78, 5) is 0. The van der Waals surface area contributed by atoms with Crippen LogP contribution in [-0.4, -0.2) is 32.1 Å². The molecule has 0 spiro atoms. The van der Waals surface area contributed by atoms with Crippen molar-refractivity contribution in [3.8, 4) is 23.0 Å². The molecule has 0 aliphatic carbocycles. The first-order valence-corrected chi connectivity index (χ1v) is 6.56. The van der Waals surface area contributed by atoms with Gasteiger partial charge >= 0.3 is 0 Å². The molecule has 6 heteroatoms. The topological polar surface area (TPSA) is 65.7 Å². The Bertz CT molecular complexity index is 767. The Morgan fingerprint density at radius 2 is 1.86 bits per heavy atom. The summed E-state index contributed by atoms with van der Waals surface area (Å²) < 4.78 is 7.43. The summed E-state index contributed by atoms with van der Waals surface area (Å²) in [5, 5.41) is 16.4. The Labute approximate surface area is 122 Å². The number of aromatic nitrogens is 5. The van der Waals surface area contributed by atoms with Crippen LogP contribution in [0.1, 0.15) is 11.4 Å². The summed E-state index contributed by atoms with van der Waals surface area (Å²) in [5.74, 6) is 2.18. The second-order valence-electron chi connectivity index (χ2n) is 4.64. The van der Waals surface area contributed by atoms with Crippen molar-refractivity contribution < 1.29 is 4.74 Å². The van der Waals surface area contributed by atoms with Gasteiger partial charge in [-0.15, -0.1) is 15.3 Å². The fraction of sp³-hybridized carbons (Fsp3) is 0.200. The second-order valence-corrected chi connectivity index (χ2v) is 4.64. The lowest BCUT2D eigenvalue weighted by Crippen LogP contribution is -2.05. The molecule has 0 fully saturated rings. The van der Waals surface area contributed by atoms with E-state index in [1.807, 2.05) is 48.7 Å². The molecule has 0 N–H and O–H groups in total. The standard InChI is InChI=1S/C15H15N5O/c1-10-6-4-8-13(21-3)14(10)20-11(2)17-19-15(20)12-7-5-9-16-18-12/h4-9H,1-3H3. The van der Waals surface area contributed by atoms with Crippen molar-refractivity contribution in [2.45, 2.75) is 13.8 Å². The van der Waals surface area contributed by atoms with Crippen LogP contribution < -0.4 is 4.74 Å². The minimum absolute atomic E-state index is 0.646. The van der Waals surface area contributed by atoms with Gasteiger partial charge in [-0.05, 0) is 37.6 Å². The summed E-state index contributed by atoms with van der Waals surface area (Å²) in [5.41, 5.74) is 2.66. The van der Waals surface area contributed by atoms with E-state index in [0.29, 0.717) is 11.5 Å². The number of para-hydroxylation sites is 1. The number of hydrogen-bond acceptors (Lipinski definition) is 5. The molecule has 0 unspecified atom stereocenters. The molecule has 3 rings (SSSR count). The van der Waals surface area contributed by atoms with Gasteiger partial charge in [0.15, 0.2) is 5.82 Å². The third-order valence-electron chi connectivity index (χ3n) is 3.27. The van der Waals surface area contributed by atoms with E-state index in [9.17, 15) is 0 Å². The van der Waals surface area contributed by atoms with Crippen LogP contribution in [0.3, 0.4) is 0 Å². The van der Waals surface area contributed by atoms with Gasteiger partial charge in [0.1, 0.15) is 17.3 Å². The Morgan fingerprint density at radius 1 is 1.00 bits per heavy atom. The summed E-state index contributed by atoms with van der Waals surface area (Å²) in [6.07, 6.45) is 1.63. The molecule has 2 aromatic heterocycles. The van der Waals surface area contributed by atoms with Gasteiger partial charge in [0.2, 0.25) is 0 Å². The first-order valence-electron chi connectivity index (χ1n) is 6.56. The molecule has 0 aliphatic heterocycles. The van der Waals surface area contributed by atoms with Crippen molar-refractivity contribution in [3.05, 3.63) is 47.9 Å². The molecule has 0 atom stereocenters. The number of rotatable bonds is 3. The molecule has 0 saturated heterocycles. The molecule has 3 aromatic rings. The van der Waals surface area contributed by atoms with Gasteiger partial charge < -0.3 is 4.74 Å². The summed E-state index contributed by atoms with van der Waals surface area (Å²) in [6.45, 7) is 3.93. The van der Waals surface area contributed by atoms with Gasteiger partial charge in [0.05, 0.1) is 12.8 Å². The van der Waals surface area contributed by atoms with E-state index in [1.165, 1.54) is 0 Å². The first kappa shape index (κ1) is 13.2. The monoisotopic (exact) mass is 281 g/mol. The van der Waals surface area contributed by atoms with Gasteiger partial charge in [-0.1, -0.05) is 12.1 Å². The highest BCUT2D eigenvalue weighted by atomic mass is 16.5. The molecule has 0 saturated carbocycles. The number of ether oxygens (including phenoxy) is 1. The van der Waals surface area contributed by atoms with Gasteiger partial charge in [0.25, 0.3) is 0 Å². The number of hydrogen-bond donors (Lipinski definition) is 0. The van der Waals surface area contributed by atoms with E-state index < -0.39 is 0 Å². The molecular weight excluding hydrogens is 266 g/mol. The maximum absolute atomic E-state index is 5.48. The number of methoxy groups -OCH3 is 1. The SMILES string of the molecule is COc1cccc(C)c1-n1c(C)nnc1-c1cccnn1. The van der Waals surface area contributed by atoms with Crippen LogP contribution in [0.25, 0.3) is 17.2 Å². The van der Waals surface area contributed by atoms with E-state index in [1.54, 1.807) is 13.3 Å². The van der Waals surface area contributed by atoms with Crippen molar-refractivity contribution in [2.24, 2.45) is 0 Å². The molecule has 106 valence electrons. The highest BCUT2D eigenvalue weighted by Crippen LogP contribution is 2.30. The lowest BCUT2D eigenvalue weighted by atomic mass is 10.1. The van der Waals surface area contributed by atoms with Crippen LogP contribution in [0.15, 0.2) is 36.5 Å². The highest BCUT2D eigenvalue weighted by molar-refractivity contribution is 5.60. The van der Waals surface area contributed by atoms with Crippen LogP contribution in [0, 0.1) is 13.8 Å². The first-order chi connectivity index (χ1) is 10.2. The predicted octanol–water partition coefficient (Wildman–Crippen LogP) is 2.35. The molecule has 0 amide bonds. The quantitative estimate of drug-likeness (QED) is 0.737. The van der Waals surface area contributed by atoms with Crippen molar-refractivity contribution in [2.75, 3.05) is 7.11 Å². The van der Waals surface area contributed by atoms with Crippen LogP contribution in [-0.2, 0) is 0 Å². The second kappa shape index (κ2) is 5.32. The predicted molar refractivity (Wildman–Crippen MR) is 78.4 cm³/mol. The molecular formula is C15H15N5O. The maximum atomic E-state index is 5.48. The molecule has 0 bridgehead atoms. The largest absolute Gasteiger partial charge is 0.495 e. The normalized spacial score (nSPS) is 10.6. The zero-order chi connectivity index (χ0) is 14.8. The van der Waals surface area contributed by atoms with Crippen LogP contribution in [0.2, 0.25) is 0 Å². The minimum Gasteiger partial charge on any atom is -0.495 e. The molecule has 0 aliphatic rings.